The molecule has 1 aliphatic heterocycles. The van der Waals surface area contributed by atoms with E-state index >= 15 is 0 Å². The molecular weight excluding hydrogens is 380 g/mol. The molecule has 0 aliphatic carbocycles. The van der Waals surface area contributed by atoms with Gasteiger partial charge in [0.05, 0.1) is 6.54 Å². The zero-order chi connectivity index (χ0) is 20.8. The third-order valence-corrected chi connectivity index (χ3v) is 4.63. The van der Waals surface area contributed by atoms with Crippen LogP contribution in [0, 0.1) is 11.6 Å². The quantitative estimate of drug-likeness (QED) is 0.805. The Labute approximate surface area is 168 Å². The van der Waals surface area contributed by atoms with Gasteiger partial charge in [0.2, 0.25) is 5.91 Å². The molecule has 1 aliphatic rings. The summed E-state index contributed by atoms with van der Waals surface area (Å²) < 4.78 is 31.7. The van der Waals surface area contributed by atoms with E-state index in [0.29, 0.717) is 37.6 Å². The van der Waals surface area contributed by atoms with Crippen LogP contribution in [0.4, 0.5) is 14.5 Å². The second-order valence-corrected chi connectivity index (χ2v) is 6.87. The highest BCUT2D eigenvalue weighted by Gasteiger charge is 2.26. The van der Waals surface area contributed by atoms with Gasteiger partial charge in [-0.1, -0.05) is 6.07 Å². The second kappa shape index (κ2) is 9.47. The predicted molar refractivity (Wildman–Crippen MR) is 105 cm³/mol. The lowest BCUT2D eigenvalue weighted by Gasteiger charge is -2.35. The minimum atomic E-state index is -0.691. The van der Waals surface area contributed by atoms with E-state index in [9.17, 15) is 18.4 Å². The van der Waals surface area contributed by atoms with Crippen molar-refractivity contribution in [2.75, 3.05) is 38.0 Å². The number of nitrogens with zero attached hydrogens (tertiary/aromatic N) is 2. The Morgan fingerprint density at radius 1 is 1.03 bits per heavy atom. The fraction of sp³-hybridized carbons (Fsp3) is 0.333. The average Bonchev–Trinajstić information content (AvgIpc) is 2.69. The maximum atomic E-state index is 13.2. The summed E-state index contributed by atoms with van der Waals surface area (Å²) in [4.78, 5) is 28.3. The number of hydrogen-bond donors (Lipinski definition) is 1. The molecule has 8 heteroatoms. The van der Waals surface area contributed by atoms with Crippen LogP contribution in [-0.2, 0) is 9.59 Å². The van der Waals surface area contributed by atoms with Gasteiger partial charge in [0, 0.05) is 31.9 Å². The summed E-state index contributed by atoms with van der Waals surface area (Å²) in [5.74, 6) is -0.734. The van der Waals surface area contributed by atoms with Crippen molar-refractivity contribution in [3.63, 3.8) is 0 Å². The molecule has 1 saturated heterocycles. The van der Waals surface area contributed by atoms with Crippen molar-refractivity contribution >= 4 is 17.5 Å². The minimum absolute atomic E-state index is 0.154. The molecular formula is C21H23F2N3O3. The van der Waals surface area contributed by atoms with Crippen molar-refractivity contribution in [2.45, 2.75) is 13.0 Å². The van der Waals surface area contributed by atoms with Gasteiger partial charge in [0.15, 0.2) is 6.10 Å². The van der Waals surface area contributed by atoms with E-state index in [1.165, 1.54) is 42.5 Å². The van der Waals surface area contributed by atoms with E-state index in [-0.39, 0.29) is 24.2 Å². The largest absolute Gasteiger partial charge is 0.481 e. The van der Waals surface area contributed by atoms with E-state index in [4.69, 9.17) is 4.74 Å². The van der Waals surface area contributed by atoms with Crippen molar-refractivity contribution in [3.05, 3.63) is 60.2 Å². The van der Waals surface area contributed by atoms with E-state index in [1.807, 2.05) is 4.90 Å². The lowest BCUT2D eigenvalue weighted by Crippen LogP contribution is -2.53. The Bertz CT molecular complexity index is 853. The summed E-state index contributed by atoms with van der Waals surface area (Å²) in [6, 6.07) is 11.2. The van der Waals surface area contributed by atoms with Crippen molar-refractivity contribution in [3.8, 4) is 5.75 Å². The van der Waals surface area contributed by atoms with Crippen LogP contribution in [-0.4, -0.2) is 60.4 Å². The highest BCUT2D eigenvalue weighted by Crippen LogP contribution is 2.15. The smallest absolute Gasteiger partial charge is 0.263 e. The van der Waals surface area contributed by atoms with Crippen LogP contribution in [0.3, 0.4) is 0 Å². The number of benzene rings is 2. The van der Waals surface area contributed by atoms with Crippen molar-refractivity contribution in [2.24, 2.45) is 0 Å². The molecule has 0 radical (unpaired) electrons. The van der Waals surface area contributed by atoms with Gasteiger partial charge >= 0.3 is 0 Å². The van der Waals surface area contributed by atoms with Crippen LogP contribution in [0.1, 0.15) is 6.92 Å². The van der Waals surface area contributed by atoms with E-state index in [2.05, 4.69) is 5.32 Å². The molecule has 29 heavy (non-hydrogen) atoms. The summed E-state index contributed by atoms with van der Waals surface area (Å²) >= 11 is 0. The van der Waals surface area contributed by atoms with Crippen LogP contribution in [0.15, 0.2) is 48.5 Å². The molecule has 1 atom stereocenters. The first kappa shape index (κ1) is 20.7. The number of carbonyl (C=O) groups is 2. The van der Waals surface area contributed by atoms with Crippen LogP contribution in [0.5, 0.6) is 5.75 Å². The lowest BCUT2D eigenvalue weighted by molar-refractivity contribution is -0.139. The first-order valence-electron chi connectivity index (χ1n) is 9.39. The summed E-state index contributed by atoms with van der Waals surface area (Å²) in [6.07, 6.45) is -0.691. The first-order chi connectivity index (χ1) is 13.9. The lowest BCUT2D eigenvalue weighted by atomic mass is 10.2. The number of nitrogens with one attached hydrogen (secondary N) is 1. The number of hydrogen-bond acceptors (Lipinski definition) is 4. The molecule has 2 aromatic carbocycles. The molecule has 1 N–H and O–H groups in total. The molecule has 2 aromatic rings. The maximum Gasteiger partial charge on any atom is 0.263 e. The van der Waals surface area contributed by atoms with Gasteiger partial charge in [-0.3, -0.25) is 14.5 Å². The van der Waals surface area contributed by atoms with Gasteiger partial charge in [-0.2, -0.15) is 0 Å². The molecule has 1 fully saturated rings. The van der Waals surface area contributed by atoms with E-state index in [0.717, 1.165) is 0 Å². The molecule has 0 bridgehead atoms. The van der Waals surface area contributed by atoms with Crippen molar-refractivity contribution in [1.82, 2.24) is 9.80 Å². The standard InChI is InChI=1S/C21H23F2N3O3/c1-15(29-19-7-5-16(22)6-8-19)21(28)26-11-9-25(10-12-26)14-20(27)24-18-4-2-3-17(23)13-18/h2-8,13,15H,9-12,14H2,1H3,(H,24,27)/t15-/m1/s1. The van der Waals surface area contributed by atoms with Gasteiger partial charge in [0.25, 0.3) is 5.91 Å². The molecule has 1 heterocycles. The zero-order valence-electron chi connectivity index (χ0n) is 16.1. The van der Waals surface area contributed by atoms with Gasteiger partial charge in [-0.15, -0.1) is 0 Å². The highest BCUT2D eigenvalue weighted by molar-refractivity contribution is 5.92. The summed E-state index contributed by atoms with van der Waals surface area (Å²) in [5.41, 5.74) is 0.413. The number of ether oxygens (including phenoxy) is 1. The number of carbonyl (C=O) groups excluding carboxylic acids is 2. The normalized spacial score (nSPS) is 15.6. The molecule has 0 aromatic heterocycles. The van der Waals surface area contributed by atoms with Gasteiger partial charge < -0.3 is 15.0 Å². The maximum absolute atomic E-state index is 13.2. The summed E-state index contributed by atoms with van der Waals surface area (Å²) in [5, 5.41) is 2.67. The Morgan fingerprint density at radius 3 is 2.38 bits per heavy atom. The Kier molecular flexibility index (Phi) is 6.77. The third kappa shape index (κ3) is 5.99. The molecule has 2 amide bonds. The van der Waals surface area contributed by atoms with E-state index < -0.39 is 11.9 Å². The Hall–Kier alpha value is -3.00. The number of piperazine rings is 1. The second-order valence-electron chi connectivity index (χ2n) is 6.87. The number of amides is 2. The predicted octanol–water partition coefficient (Wildman–Crippen LogP) is 2.52. The van der Waals surface area contributed by atoms with Crippen molar-refractivity contribution < 1.29 is 23.1 Å². The Balaban J connectivity index is 1.43. The number of rotatable bonds is 6. The van der Waals surface area contributed by atoms with Gasteiger partial charge in [0.1, 0.15) is 17.4 Å². The van der Waals surface area contributed by atoms with Crippen LogP contribution in [0.2, 0.25) is 0 Å². The molecule has 6 nitrogen and oxygen atoms in total. The molecule has 3 rings (SSSR count). The zero-order valence-corrected chi connectivity index (χ0v) is 16.1. The molecule has 0 spiro atoms. The third-order valence-electron chi connectivity index (χ3n) is 4.63. The average molecular weight is 403 g/mol. The van der Waals surface area contributed by atoms with E-state index in [1.54, 1.807) is 17.9 Å². The Morgan fingerprint density at radius 2 is 1.72 bits per heavy atom. The first-order valence-corrected chi connectivity index (χ1v) is 9.39. The highest BCUT2D eigenvalue weighted by atomic mass is 19.1. The van der Waals surface area contributed by atoms with Gasteiger partial charge in [-0.25, -0.2) is 8.78 Å². The van der Waals surface area contributed by atoms with Crippen LogP contribution < -0.4 is 10.1 Å². The molecule has 0 saturated carbocycles. The van der Waals surface area contributed by atoms with Gasteiger partial charge in [-0.05, 0) is 49.4 Å². The summed E-state index contributed by atoms with van der Waals surface area (Å²) in [6.45, 7) is 3.87. The molecule has 154 valence electrons. The summed E-state index contributed by atoms with van der Waals surface area (Å²) in [7, 11) is 0. The fourth-order valence-corrected chi connectivity index (χ4v) is 3.12. The number of halogens is 2. The topological polar surface area (TPSA) is 61.9 Å². The fourth-order valence-electron chi connectivity index (χ4n) is 3.12. The molecule has 0 unspecified atom stereocenters. The number of anilines is 1. The minimum Gasteiger partial charge on any atom is -0.481 e. The monoisotopic (exact) mass is 403 g/mol. The van der Waals surface area contributed by atoms with Crippen LogP contribution >= 0.6 is 0 Å². The van der Waals surface area contributed by atoms with Crippen LogP contribution in [0.25, 0.3) is 0 Å². The van der Waals surface area contributed by atoms with Crippen molar-refractivity contribution in [1.29, 1.82) is 0 Å². The SMILES string of the molecule is C[C@@H](Oc1ccc(F)cc1)C(=O)N1CCN(CC(=O)Nc2cccc(F)c2)CC1.